The standard InChI is InChI=1S/C12H19N3O/c1-10-9-16-12(5-13)8-15(10)7-11-3-2-4-14-6-11/h2-4,6,10,12H,5,7-9,13H2,1H3. The Labute approximate surface area is 96.4 Å². The third kappa shape index (κ3) is 2.78. The van der Waals surface area contributed by atoms with Crippen LogP contribution in [0.25, 0.3) is 0 Å². The summed E-state index contributed by atoms with van der Waals surface area (Å²) in [4.78, 5) is 6.53. The Morgan fingerprint density at radius 1 is 1.62 bits per heavy atom. The van der Waals surface area contributed by atoms with Crippen LogP contribution in [-0.4, -0.2) is 41.7 Å². The van der Waals surface area contributed by atoms with Crippen LogP contribution in [-0.2, 0) is 11.3 Å². The molecule has 4 nitrogen and oxygen atoms in total. The maximum Gasteiger partial charge on any atom is 0.0824 e. The largest absolute Gasteiger partial charge is 0.374 e. The SMILES string of the molecule is CC1COC(CN)CN1Cc1cccnc1. The number of morpholine rings is 1. The third-order valence-electron chi connectivity index (χ3n) is 3.01. The van der Waals surface area contributed by atoms with Crippen molar-refractivity contribution in [1.29, 1.82) is 0 Å². The lowest BCUT2D eigenvalue weighted by atomic mass is 10.1. The number of nitrogens with two attached hydrogens (primary N) is 1. The van der Waals surface area contributed by atoms with Crippen LogP contribution >= 0.6 is 0 Å². The summed E-state index contributed by atoms with van der Waals surface area (Å²) in [5, 5.41) is 0. The predicted octanol–water partition coefficient (Wildman–Crippen LogP) is 0.630. The minimum atomic E-state index is 0.174. The quantitative estimate of drug-likeness (QED) is 0.813. The van der Waals surface area contributed by atoms with Crippen molar-refractivity contribution >= 4 is 0 Å². The highest BCUT2D eigenvalue weighted by Crippen LogP contribution is 2.14. The molecule has 1 aromatic rings. The average molecular weight is 221 g/mol. The molecule has 1 fully saturated rings. The molecular formula is C12H19N3O. The Morgan fingerprint density at radius 3 is 3.19 bits per heavy atom. The first kappa shape index (κ1) is 11.5. The summed E-state index contributed by atoms with van der Waals surface area (Å²) in [5.41, 5.74) is 6.88. The Morgan fingerprint density at radius 2 is 2.50 bits per heavy atom. The molecule has 2 atom stereocenters. The van der Waals surface area contributed by atoms with E-state index in [-0.39, 0.29) is 6.10 Å². The highest BCUT2D eigenvalue weighted by Gasteiger charge is 2.24. The van der Waals surface area contributed by atoms with E-state index in [4.69, 9.17) is 10.5 Å². The van der Waals surface area contributed by atoms with E-state index < -0.39 is 0 Å². The molecule has 0 bridgehead atoms. The van der Waals surface area contributed by atoms with Gasteiger partial charge in [0, 0.05) is 38.1 Å². The fraction of sp³-hybridized carbons (Fsp3) is 0.583. The average Bonchev–Trinajstić information content (AvgIpc) is 2.33. The van der Waals surface area contributed by atoms with E-state index in [1.807, 2.05) is 12.3 Å². The number of hydrogen-bond acceptors (Lipinski definition) is 4. The summed E-state index contributed by atoms with van der Waals surface area (Å²) in [6.07, 6.45) is 3.89. The molecule has 2 rings (SSSR count). The van der Waals surface area contributed by atoms with E-state index in [0.717, 1.165) is 19.7 Å². The van der Waals surface area contributed by atoms with Crippen molar-refractivity contribution in [2.24, 2.45) is 5.73 Å². The van der Waals surface area contributed by atoms with E-state index in [2.05, 4.69) is 22.9 Å². The first-order chi connectivity index (χ1) is 7.79. The monoisotopic (exact) mass is 221 g/mol. The molecule has 16 heavy (non-hydrogen) atoms. The zero-order valence-electron chi connectivity index (χ0n) is 9.67. The first-order valence-electron chi connectivity index (χ1n) is 5.74. The van der Waals surface area contributed by atoms with E-state index in [1.54, 1.807) is 6.20 Å². The highest BCUT2D eigenvalue weighted by atomic mass is 16.5. The van der Waals surface area contributed by atoms with Crippen LogP contribution in [0.5, 0.6) is 0 Å². The summed E-state index contributed by atoms with van der Waals surface area (Å²) in [5.74, 6) is 0. The van der Waals surface area contributed by atoms with Crippen molar-refractivity contribution < 1.29 is 4.74 Å². The lowest BCUT2D eigenvalue weighted by molar-refractivity contribution is -0.0567. The summed E-state index contributed by atoms with van der Waals surface area (Å²) < 4.78 is 5.63. The summed E-state index contributed by atoms with van der Waals surface area (Å²) in [7, 11) is 0. The first-order valence-corrected chi connectivity index (χ1v) is 5.74. The fourth-order valence-corrected chi connectivity index (χ4v) is 1.96. The van der Waals surface area contributed by atoms with Crippen molar-refractivity contribution in [3.05, 3.63) is 30.1 Å². The molecule has 0 aliphatic carbocycles. The van der Waals surface area contributed by atoms with Gasteiger partial charge in [0.1, 0.15) is 0 Å². The summed E-state index contributed by atoms with van der Waals surface area (Å²) >= 11 is 0. The minimum absolute atomic E-state index is 0.174. The Kier molecular flexibility index (Phi) is 3.88. The maximum atomic E-state index is 5.64. The molecule has 0 spiro atoms. The topological polar surface area (TPSA) is 51.4 Å². The second-order valence-corrected chi connectivity index (χ2v) is 4.33. The number of pyridine rings is 1. The van der Waals surface area contributed by atoms with Crippen molar-refractivity contribution in [3.8, 4) is 0 Å². The molecule has 1 aliphatic heterocycles. The maximum absolute atomic E-state index is 5.64. The Bertz CT molecular complexity index is 317. The van der Waals surface area contributed by atoms with Crippen LogP contribution in [0.1, 0.15) is 12.5 Å². The van der Waals surface area contributed by atoms with E-state index >= 15 is 0 Å². The molecule has 0 radical (unpaired) electrons. The molecule has 0 amide bonds. The third-order valence-corrected chi connectivity index (χ3v) is 3.01. The van der Waals surface area contributed by atoms with Gasteiger partial charge in [0.05, 0.1) is 12.7 Å². The lowest BCUT2D eigenvalue weighted by Crippen LogP contribution is -2.49. The van der Waals surface area contributed by atoms with Gasteiger partial charge in [-0.1, -0.05) is 6.07 Å². The van der Waals surface area contributed by atoms with Crippen molar-refractivity contribution in [3.63, 3.8) is 0 Å². The second kappa shape index (κ2) is 5.39. The van der Waals surface area contributed by atoms with Crippen molar-refractivity contribution in [1.82, 2.24) is 9.88 Å². The lowest BCUT2D eigenvalue weighted by Gasteiger charge is -2.37. The van der Waals surface area contributed by atoms with Gasteiger partial charge in [-0.05, 0) is 18.6 Å². The fourth-order valence-electron chi connectivity index (χ4n) is 1.96. The molecule has 1 saturated heterocycles. The molecule has 2 N–H and O–H groups in total. The molecule has 0 saturated carbocycles. The van der Waals surface area contributed by atoms with E-state index in [0.29, 0.717) is 12.6 Å². The molecule has 0 aromatic carbocycles. The van der Waals surface area contributed by atoms with E-state index in [1.165, 1.54) is 5.56 Å². The van der Waals surface area contributed by atoms with Gasteiger partial charge in [-0.25, -0.2) is 0 Å². The van der Waals surface area contributed by atoms with Gasteiger partial charge in [-0.15, -0.1) is 0 Å². The van der Waals surface area contributed by atoms with Gasteiger partial charge >= 0.3 is 0 Å². The molecule has 4 heteroatoms. The van der Waals surface area contributed by atoms with Gasteiger partial charge in [0.15, 0.2) is 0 Å². The number of rotatable bonds is 3. The molecule has 2 unspecified atom stereocenters. The molecule has 1 aliphatic rings. The Balaban J connectivity index is 1.97. The summed E-state index contributed by atoms with van der Waals surface area (Å²) in [6, 6.07) is 4.52. The minimum Gasteiger partial charge on any atom is -0.374 e. The molecule has 2 heterocycles. The number of ether oxygens (including phenoxy) is 1. The number of nitrogens with zero attached hydrogens (tertiary/aromatic N) is 2. The number of hydrogen-bond donors (Lipinski definition) is 1. The van der Waals surface area contributed by atoms with Crippen molar-refractivity contribution in [2.45, 2.75) is 25.6 Å². The van der Waals surface area contributed by atoms with Gasteiger partial charge in [0.25, 0.3) is 0 Å². The van der Waals surface area contributed by atoms with Crippen LogP contribution in [0.3, 0.4) is 0 Å². The van der Waals surface area contributed by atoms with Gasteiger partial charge in [0.2, 0.25) is 0 Å². The normalized spacial score (nSPS) is 26.9. The van der Waals surface area contributed by atoms with Crippen LogP contribution in [0.15, 0.2) is 24.5 Å². The molecule has 88 valence electrons. The van der Waals surface area contributed by atoms with Crippen molar-refractivity contribution in [2.75, 3.05) is 19.7 Å². The van der Waals surface area contributed by atoms with Gasteiger partial charge in [-0.2, -0.15) is 0 Å². The highest BCUT2D eigenvalue weighted by molar-refractivity contribution is 5.08. The van der Waals surface area contributed by atoms with Crippen LogP contribution in [0, 0.1) is 0 Å². The van der Waals surface area contributed by atoms with Crippen LogP contribution in [0.2, 0.25) is 0 Å². The predicted molar refractivity (Wildman–Crippen MR) is 62.9 cm³/mol. The zero-order valence-corrected chi connectivity index (χ0v) is 9.67. The smallest absolute Gasteiger partial charge is 0.0824 e. The Hall–Kier alpha value is -0.970. The van der Waals surface area contributed by atoms with Crippen LogP contribution in [0.4, 0.5) is 0 Å². The molecule has 1 aromatic heterocycles. The van der Waals surface area contributed by atoms with E-state index in [9.17, 15) is 0 Å². The number of aromatic nitrogens is 1. The second-order valence-electron chi connectivity index (χ2n) is 4.33. The molecular weight excluding hydrogens is 202 g/mol. The van der Waals surface area contributed by atoms with Gasteiger partial charge < -0.3 is 10.5 Å². The van der Waals surface area contributed by atoms with Crippen LogP contribution < -0.4 is 5.73 Å². The zero-order chi connectivity index (χ0) is 11.4. The van der Waals surface area contributed by atoms with Gasteiger partial charge in [-0.3, -0.25) is 9.88 Å². The summed E-state index contributed by atoms with van der Waals surface area (Å²) in [6.45, 7) is 5.38.